The Labute approximate surface area is 125 Å². The SMILES string of the molecule is O=C(NCCc1ncon1)c1ccc(Br)c(C(F)(F)F)c1. The van der Waals surface area contributed by atoms with Crippen LogP contribution in [-0.4, -0.2) is 22.6 Å². The molecule has 1 amide bonds. The summed E-state index contributed by atoms with van der Waals surface area (Å²) < 4.78 is 42.6. The van der Waals surface area contributed by atoms with Crippen molar-refractivity contribution in [2.24, 2.45) is 0 Å². The number of halogens is 4. The summed E-state index contributed by atoms with van der Waals surface area (Å²) in [4.78, 5) is 15.6. The van der Waals surface area contributed by atoms with E-state index in [0.29, 0.717) is 12.2 Å². The van der Waals surface area contributed by atoms with Crippen molar-refractivity contribution < 1.29 is 22.5 Å². The van der Waals surface area contributed by atoms with E-state index >= 15 is 0 Å². The number of rotatable bonds is 4. The highest BCUT2D eigenvalue weighted by Gasteiger charge is 2.33. The summed E-state index contributed by atoms with van der Waals surface area (Å²) in [5, 5.41) is 6.04. The van der Waals surface area contributed by atoms with Gasteiger partial charge < -0.3 is 9.84 Å². The summed E-state index contributed by atoms with van der Waals surface area (Å²) in [6.07, 6.45) is -3.05. The molecule has 21 heavy (non-hydrogen) atoms. The second kappa shape index (κ2) is 6.25. The highest BCUT2D eigenvalue weighted by molar-refractivity contribution is 9.10. The zero-order valence-corrected chi connectivity index (χ0v) is 12.0. The molecule has 0 radical (unpaired) electrons. The van der Waals surface area contributed by atoms with Gasteiger partial charge in [-0.2, -0.15) is 18.2 Å². The van der Waals surface area contributed by atoms with Crippen molar-refractivity contribution in [1.82, 2.24) is 15.5 Å². The molecule has 0 fully saturated rings. The van der Waals surface area contributed by atoms with Crippen LogP contribution in [0.15, 0.2) is 33.6 Å². The largest absolute Gasteiger partial charge is 0.417 e. The summed E-state index contributed by atoms with van der Waals surface area (Å²) >= 11 is 2.82. The van der Waals surface area contributed by atoms with E-state index in [2.05, 4.69) is 35.9 Å². The fourth-order valence-electron chi connectivity index (χ4n) is 1.58. The Morgan fingerprint density at radius 3 is 2.76 bits per heavy atom. The third kappa shape index (κ3) is 4.03. The first-order valence-corrected chi connectivity index (χ1v) is 6.57. The number of benzene rings is 1. The maximum atomic E-state index is 12.7. The van der Waals surface area contributed by atoms with Gasteiger partial charge >= 0.3 is 6.18 Å². The lowest BCUT2D eigenvalue weighted by Gasteiger charge is -2.11. The van der Waals surface area contributed by atoms with E-state index < -0.39 is 17.6 Å². The van der Waals surface area contributed by atoms with Crippen LogP contribution in [0.5, 0.6) is 0 Å². The number of amides is 1. The molecule has 112 valence electrons. The number of alkyl halides is 3. The summed E-state index contributed by atoms with van der Waals surface area (Å²) in [5.41, 5.74) is -0.966. The van der Waals surface area contributed by atoms with Crippen LogP contribution in [0.4, 0.5) is 13.2 Å². The molecule has 0 spiro atoms. The highest BCUT2D eigenvalue weighted by atomic mass is 79.9. The average Bonchev–Trinajstić information content (AvgIpc) is 2.91. The molecule has 9 heteroatoms. The van der Waals surface area contributed by atoms with Gasteiger partial charge in [-0.3, -0.25) is 4.79 Å². The topological polar surface area (TPSA) is 68.0 Å². The first-order valence-electron chi connectivity index (χ1n) is 5.78. The molecule has 1 heterocycles. The quantitative estimate of drug-likeness (QED) is 0.906. The van der Waals surface area contributed by atoms with Gasteiger partial charge in [-0.25, -0.2) is 0 Å². The molecule has 0 unspecified atom stereocenters. The number of carbonyl (C=O) groups is 1. The molecule has 1 aromatic carbocycles. The van der Waals surface area contributed by atoms with Crippen molar-refractivity contribution in [2.75, 3.05) is 6.54 Å². The Balaban J connectivity index is 2.02. The Bertz CT molecular complexity index is 629. The minimum Gasteiger partial charge on any atom is -0.352 e. The predicted octanol–water partition coefficient (Wildman–Crippen LogP) is 2.82. The van der Waals surface area contributed by atoms with Gasteiger partial charge in [-0.15, -0.1) is 0 Å². The second-order valence-corrected chi connectivity index (χ2v) is 4.90. The summed E-state index contributed by atoms with van der Waals surface area (Å²) in [5.74, 6) is -0.196. The van der Waals surface area contributed by atoms with Crippen LogP contribution in [0, 0.1) is 0 Å². The molecular formula is C12H9BrF3N3O2. The van der Waals surface area contributed by atoms with Gasteiger partial charge in [0.2, 0.25) is 6.39 Å². The number of nitrogens with one attached hydrogen (secondary N) is 1. The van der Waals surface area contributed by atoms with Crippen LogP contribution in [0.1, 0.15) is 21.7 Å². The lowest BCUT2D eigenvalue weighted by Crippen LogP contribution is -2.26. The van der Waals surface area contributed by atoms with Crippen molar-refractivity contribution in [3.63, 3.8) is 0 Å². The van der Waals surface area contributed by atoms with E-state index in [1.807, 2.05) is 0 Å². The molecule has 2 rings (SSSR count). The number of nitrogens with zero attached hydrogens (tertiary/aromatic N) is 2. The molecule has 0 aliphatic rings. The fraction of sp³-hybridized carbons (Fsp3) is 0.250. The zero-order valence-electron chi connectivity index (χ0n) is 10.4. The first kappa shape index (κ1) is 15.5. The molecular weight excluding hydrogens is 355 g/mol. The van der Waals surface area contributed by atoms with Gasteiger partial charge in [0.1, 0.15) is 0 Å². The van der Waals surface area contributed by atoms with E-state index in [0.717, 1.165) is 12.5 Å². The minimum atomic E-state index is -4.53. The van der Waals surface area contributed by atoms with Gasteiger partial charge in [0.05, 0.1) is 5.56 Å². The van der Waals surface area contributed by atoms with Gasteiger partial charge in [0.25, 0.3) is 5.91 Å². The highest BCUT2D eigenvalue weighted by Crippen LogP contribution is 2.35. The predicted molar refractivity (Wildman–Crippen MR) is 69.5 cm³/mol. The van der Waals surface area contributed by atoms with Crippen LogP contribution in [0.2, 0.25) is 0 Å². The lowest BCUT2D eigenvalue weighted by atomic mass is 10.1. The standard InChI is InChI=1S/C12H9BrF3N3O2/c13-9-2-1-7(5-8(9)12(14,15)16)11(20)17-4-3-10-18-6-21-19-10/h1-2,5-6H,3-4H2,(H,17,20). The molecule has 5 nitrogen and oxygen atoms in total. The molecule has 0 aliphatic carbocycles. The van der Waals surface area contributed by atoms with Crippen LogP contribution in [-0.2, 0) is 12.6 Å². The summed E-state index contributed by atoms with van der Waals surface area (Å²) in [7, 11) is 0. The maximum absolute atomic E-state index is 12.7. The summed E-state index contributed by atoms with van der Waals surface area (Å²) in [6.45, 7) is 0.190. The van der Waals surface area contributed by atoms with Gasteiger partial charge in [0.15, 0.2) is 5.82 Å². The summed E-state index contributed by atoms with van der Waals surface area (Å²) in [6, 6.07) is 3.30. The maximum Gasteiger partial charge on any atom is 0.417 e. The third-order valence-electron chi connectivity index (χ3n) is 2.58. The van der Waals surface area contributed by atoms with Crippen molar-refractivity contribution in [2.45, 2.75) is 12.6 Å². The van der Waals surface area contributed by atoms with Crippen molar-refractivity contribution in [3.8, 4) is 0 Å². The Morgan fingerprint density at radius 2 is 2.14 bits per heavy atom. The van der Waals surface area contributed by atoms with Crippen molar-refractivity contribution in [3.05, 3.63) is 46.0 Å². The minimum absolute atomic E-state index is 0.0707. The number of carbonyl (C=O) groups excluding carboxylic acids is 1. The average molecular weight is 364 g/mol. The van der Waals surface area contributed by atoms with E-state index in [1.54, 1.807) is 0 Å². The number of hydrogen-bond acceptors (Lipinski definition) is 4. The van der Waals surface area contributed by atoms with Crippen LogP contribution < -0.4 is 5.32 Å². The molecule has 2 aromatic rings. The number of hydrogen-bond donors (Lipinski definition) is 1. The van der Waals surface area contributed by atoms with Crippen LogP contribution >= 0.6 is 15.9 Å². The van der Waals surface area contributed by atoms with Crippen LogP contribution in [0.3, 0.4) is 0 Å². The number of aromatic nitrogens is 2. The van der Waals surface area contributed by atoms with Gasteiger partial charge in [0, 0.05) is 23.0 Å². The first-order chi connectivity index (χ1) is 9.88. The smallest absolute Gasteiger partial charge is 0.352 e. The van der Waals surface area contributed by atoms with Gasteiger partial charge in [-0.1, -0.05) is 21.1 Å². The molecule has 1 N–H and O–H groups in total. The van der Waals surface area contributed by atoms with Crippen molar-refractivity contribution >= 4 is 21.8 Å². The lowest BCUT2D eigenvalue weighted by molar-refractivity contribution is -0.138. The second-order valence-electron chi connectivity index (χ2n) is 4.05. The normalized spacial score (nSPS) is 11.4. The monoisotopic (exact) mass is 363 g/mol. The van der Waals surface area contributed by atoms with E-state index in [4.69, 9.17) is 0 Å². The Kier molecular flexibility index (Phi) is 4.61. The van der Waals surface area contributed by atoms with E-state index in [9.17, 15) is 18.0 Å². The third-order valence-corrected chi connectivity index (χ3v) is 3.27. The molecule has 0 saturated carbocycles. The van der Waals surface area contributed by atoms with E-state index in [1.165, 1.54) is 12.1 Å². The van der Waals surface area contributed by atoms with Crippen LogP contribution in [0.25, 0.3) is 0 Å². The Hall–Kier alpha value is -1.90. The fourth-order valence-corrected chi connectivity index (χ4v) is 2.05. The van der Waals surface area contributed by atoms with E-state index in [-0.39, 0.29) is 16.6 Å². The molecule has 0 saturated heterocycles. The molecule has 0 atom stereocenters. The molecule has 1 aromatic heterocycles. The molecule has 0 aliphatic heterocycles. The molecule has 0 bridgehead atoms. The van der Waals surface area contributed by atoms with Crippen molar-refractivity contribution in [1.29, 1.82) is 0 Å². The van der Waals surface area contributed by atoms with Gasteiger partial charge in [-0.05, 0) is 18.2 Å². The Morgan fingerprint density at radius 1 is 1.38 bits per heavy atom. The zero-order chi connectivity index (χ0) is 15.5.